The number of rotatable bonds is 1. The lowest BCUT2D eigenvalue weighted by Crippen LogP contribution is -2.10. The number of carbonyl (C=O) groups is 1. The molecule has 0 bridgehead atoms. The molecule has 1 aliphatic heterocycles. The van der Waals surface area contributed by atoms with Gasteiger partial charge in [-0.15, -0.1) is 0 Å². The number of amides is 1. The number of carbonyl (C=O) groups excluding carboxylic acids is 1. The maximum Gasteiger partial charge on any atom is 0.222 e. The summed E-state index contributed by atoms with van der Waals surface area (Å²) in [5, 5.41) is 2.69. The standard InChI is InChI=1S/C14H12N2O2/c1-9(17)16-14-6-12-10(7-15-14)8-18-13-5-3-2-4-11(12)13/h2-7H,8H2,1H3,(H,15,16,17). The van der Waals surface area contributed by atoms with E-state index >= 15 is 0 Å². The van der Waals surface area contributed by atoms with Crippen molar-refractivity contribution in [3.8, 4) is 16.9 Å². The maximum atomic E-state index is 11.1. The van der Waals surface area contributed by atoms with Crippen molar-refractivity contribution in [3.63, 3.8) is 0 Å². The van der Waals surface area contributed by atoms with Crippen LogP contribution >= 0.6 is 0 Å². The third-order valence-electron chi connectivity index (χ3n) is 2.85. The fourth-order valence-electron chi connectivity index (χ4n) is 2.07. The van der Waals surface area contributed by atoms with Gasteiger partial charge in [-0.2, -0.15) is 0 Å². The predicted molar refractivity (Wildman–Crippen MR) is 68.3 cm³/mol. The lowest BCUT2D eigenvalue weighted by atomic mass is 9.99. The number of nitrogens with one attached hydrogen (secondary N) is 1. The summed E-state index contributed by atoms with van der Waals surface area (Å²) in [7, 11) is 0. The monoisotopic (exact) mass is 240 g/mol. The first kappa shape index (κ1) is 10.8. The quantitative estimate of drug-likeness (QED) is 0.833. The summed E-state index contributed by atoms with van der Waals surface area (Å²) in [5.41, 5.74) is 3.13. The van der Waals surface area contributed by atoms with Gasteiger partial charge in [-0.25, -0.2) is 4.98 Å². The van der Waals surface area contributed by atoms with Crippen molar-refractivity contribution in [1.82, 2.24) is 4.98 Å². The molecule has 1 aromatic heterocycles. The van der Waals surface area contributed by atoms with Gasteiger partial charge in [-0.3, -0.25) is 4.79 Å². The molecule has 0 fully saturated rings. The van der Waals surface area contributed by atoms with Gasteiger partial charge in [0.25, 0.3) is 0 Å². The largest absolute Gasteiger partial charge is 0.488 e. The van der Waals surface area contributed by atoms with Crippen LogP contribution in [0.2, 0.25) is 0 Å². The Morgan fingerprint density at radius 2 is 2.17 bits per heavy atom. The minimum absolute atomic E-state index is 0.122. The molecule has 0 saturated heterocycles. The average Bonchev–Trinajstić information content (AvgIpc) is 2.38. The molecule has 1 N–H and O–H groups in total. The number of hydrogen-bond acceptors (Lipinski definition) is 3. The maximum absolute atomic E-state index is 11.1. The van der Waals surface area contributed by atoms with Crippen molar-refractivity contribution in [1.29, 1.82) is 0 Å². The normalized spacial score (nSPS) is 12.1. The van der Waals surface area contributed by atoms with Crippen molar-refractivity contribution in [2.24, 2.45) is 0 Å². The van der Waals surface area contributed by atoms with Crippen molar-refractivity contribution in [3.05, 3.63) is 42.1 Å². The van der Waals surface area contributed by atoms with Crippen LogP contribution in [0.4, 0.5) is 5.82 Å². The van der Waals surface area contributed by atoms with Gasteiger partial charge in [0.2, 0.25) is 5.91 Å². The van der Waals surface area contributed by atoms with Gasteiger partial charge >= 0.3 is 0 Å². The molecule has 1 aromatic carbocycles. The fourth-order valence-corrected chi connectivity index (χ4v) is 2.07. The van der Waals surface area contributed by atoms with E-state index in [9.17, 15) is 4.79 Å². The Morgan fingerprint density at radius 3 is 3.00 bits per heavy atom. The molecule has 2 aromatic rings. The number of hydrogen-bond donors (Lipinski definition) is 1. The molecule has 0 radical (unpaired) electrons. The molecular weight excluding hydrogens is 228 g/mol. The number of benzene rings is 1. The number of ether oxygens (including phenoxy) is 1. The van der Waals surface area contributed by atoms with Crippen molar-refractivity contribution < 1.29 is 9.53 Å². The van der Waals surface area contributed by atoms with E-state index in [0.717, 1.165) is 22.4 Å². The first-order chi connectivity index (χ1) is 8.74. The van der Waals surface area contributed by atoms with E-state index < -0.39 is 0 Å². The van der Waals surface area contributed by atoms with Gasteiger partial charge in [-0.1, -0.05) is 18.2 Å². The Hall–Kier alpha value is -2.36. The van der Waals surface area contributed by atoms with Crippen LogP contribution in [0.3, 0.4) is 0 Å². The number of fused-ring (bicyclic) bond motifs is 3. The van der Waals surface area contributed by atoms with Crippen molar-refractivity contribution >= 4 is 11.7 Å². The molecule has 2 heterocycles. The van der Waals surface area contributed by atoms with Gasteiger partial charge in [0.05, 0.1) is 0 Å². The Kier molecular flexibility index (Phi) is 2.48. The second-order valence-electron chi connectivity index (χ2n) is 4.19. The Balaban J connectivity index is 2.10. The first-order valence-electron chi connectivity index (χ1n) is 5.73. The number of pyridine rings is 1. The van der Waals surface area contributed by atoms with E-state index in [1.54, 1.807) is 6.20 Å². The highest BCUT2D eigenvalue weighted by Crippen LogP contribution is 2.37. The van der Waals surface area contributed by atoms with E-state index in [2.05, 4.69) is 10.3 Å². The van der Waals surface area contributed by atoms with Crippen LogP contribution in [0, 0.1) is 0 Å². The molecule has 1 aliphatic rings. The van der Waals surface area contributed by atoms with E-state index in [1.165, 1.54) is 6.92 Å². The molecule has 1 amide bonds. The first-order valence-corrected chi connectivity index (χ1v) is 5.73. The van der Waals surface area contributed by atoms with Crippen LogP contribution in [-0.2, 0) is 11.4 Å². The van der Waals surface area contributed by atoms with E-state index in [1.807, 2.05) is 30.3 Å². The summed E-state index contributed by atoms with van der Waals surface area (Å²) in [6.45, 7) is 1.98. The highest BCUT2D eigenvalue weighted by atomic mass is 16.5. The van der Waals surface area contributed by atoms with Crippen LogP contribution < -0.4 is 10.1 Å². The minimum Gasteiger partial charge on any atom is -0.488 e. The molecule has 4 heteroatoms. The summed E-state index contributed by atoms with van der Waals surface area (Å²) in [5.74, 6) is 1.31. The highest BCUT2D eigenvalue weighted by molar-refractivity contribution is 5.89. The smallest absolute Gasteiger partial charge is 0.222 e. The van der Waals surface area contributed by atoms with Crippen molar-refractivity contribution in [2.75, 3.05) is 5.32 Å². The zero-order valence-electron chi connectivity index (χ0n) is 9.93. The summed E-state index contributed by atoms with van der Waals surface area (Å²) < 4.78 is 5.64. The fraction of sp³-hybridized carbons (Fsp3) is 0.143. The van der Waals surface area contributed by atoms with E-state index in [0.29, 0.717) is 12.4 Å². The average molecular weight is 240 g/mol. The third kappa shape index (κ3) is 1.82. The van der Waals surface area contributed by atoms with Gasteiger partial charge in [0.15, 0.2) is 0 Å². The summed E-state index contributed by atoms with van der Waals surface area (Å²) >= 11 is 0. The zero-order chi connectivity index (χ0) is 12.5. The molecule has 4 nitrogen and oxygen atoms in total. The lowest BCUT2D eigenvalue weighted by molar-refractivity contribution is -0.114. The van der Waals surface area contributed by atoms with Crippen molar-refractivity contribution in [2.45, 2.75) is 13.5 Å². The minimum atomic E-state index is -0.122. The van der Waals surface area contributed by atoms with E-state index in [-0.39, 0.29) is 5.91 Å². The van der Waals surface area contributed by atoms with Crippen LogP contribution in [0.15, 0.2) is 36.5 Å². The Labute approximate surface area is 105 Å². The number of para-hydroxylation sites is 1. The predicted octanol–water partition coefficient (Wildman–Crippen LogP) is 2.60. The lowest BCUT2D eigenvalue weighted by Gasteiger charge is -2.20. The molecular formula is C14H12N2O2. The van der Waals surface area contributed by atoms with Gasteiger partial charge < -0.3 is 10.1 Å². The summed E-state index contributed by atoms with van der Waals surface area (Å²) in [6.07, 6.45) is 1.75. The number of anilines is 1. The van der Waals surface area contributed by atoms with Gasteiger partial charge in [0, 0.05) is 24.2 Å². The SMILES string of the molecule is CC(=O)Nc1cc2c(cn1)COc1ccccc1-2. The zero-order valence-corrected chi connectivity index (χ0v) is 9.93. The molecule has 0 atom stereocenters. The van der Waals surface area contributed by atoms with Crippen LogP contribution in [0.5, 0.6) is 5.75 Å². The molecule has 0 spiro atoms. The topological polar surface area (TPSA) is 51.2 Å². The van der Waals surface area contributed by atoms with E-state index in [4.69, 9.17) is 4.74 Å². The Morgan fingerprint density at radius 1 is 1.33 bits per heavy atom. The summed E-state index contributed by atoms with van der Waals surface area (Å²) in [4.78, 5) is 15.2. The molecule has 0 aliphatic carbocycles. The summed E-state index contributed by atoms with van der Waals surface area (Å²) in [6, 6.07) is 9.75. The van der Waals surface area contributed by atoms with Crippen LogP contribution in [0.25, 0.3) is 11.1 Å². The molecule has 18 heavy (non-hydrogen) atoms. The Bertz CT molecular complexity index is 623. The van der Waals surface area contributed by atoms with Crippen LogP contribution in [-0.4, -0.2) is 10.9 Å². The third-order valence-corrected chi connectivity index (χ3v) is 2.85. The van der Waals surface area contributed by atoms with Crippen LogP contribution in [0.1, 0.15) is 12.5 Å². The molecule has 0 unspecified atom stereocenters. The number of aromatic nitrogens is 1. The second-order valence-corrected chi connectivity index (χ2v) is 4.19. The van der Waals surface area contributed by atoms with Gasteiger partial charge in [0.1, 0.15) is 18.2 Å². The highest BCUT2D eigenvalue weighted by Gasteiger charge is 2.17. The van der Waals surface area contributed by atoms with Gasteiger partial charge in [-0.05, 0) is 17.7 Å². The molecule has 90 valence electrons. The number of nitrogens with zero attached hydrogens (tertiary/aromatic N) is 1. The molecule has 3 rings (SSSR count). The second kappa shape index (κ2) is 4.14. The molecule has 0 saturated carbocycles.